The van der Waals surface area contributed by atoms with E-state index in [9.17, 15) is 0 Å². The van der Waals surface area contributed by atoms with Crippen LogP contribution in [0.4, 0.5) is 0 Å². The van der Waals surface area contributed by atoms with Crippen LogP contribution in [0.15, 0.2) is 115 Å². The molecule has 0 atom stereocenters. The summed E-state index contributed by atoms with van der Waals surface area (Å²) in [6.07, 6.45) is 7.99. The Balaban J connectivity index is 1.57. The van der Waals surface area contributed by atoms with Gasteiger partial charge in [-0.1, -0.05) is 61.2 Å². The van der Waals surface area contributed by atoms with E-state index in [1.54, 1.807) is 6.08 Å². The summed E-state index contributed by atoms with van der Waals surface area (Å²) in [7, 11) is 0. The summed E-state index contributed by atoms with van der Waals surface area (Å²) in [6.45, 7) is 3.83. The van der Waals surface area contributed by atoms with Crippen LogP contribution in [0.3, 0.4) is 0 Å². The number of benzene rings is 3. The number of nitrogens with two attached hydrogens (primary N) is 2. The van der Waals surface area contributed by atoms with E-state index in [4.69, 9.17) is 16.7 Å². The molecule has 0 fully saturated rings. The first-order valence-electron chi connectivity index (χ1n) is 10.2. The molecule has 4 aromatic rings. The number of nitrogens with zero attached hydrogens (tertiary/aromatic N) is 1. The topological polar surface area (TPSA) is 75.8 Å². The minimum Gasteiger partial charge on any atom is -0.398 e. The van der Waals surface area contributed by atoms with Gasteiger partial charge in [-0.05, 0) is 65.1 Å². The van der Waals surface area contributed by atoms with Gasteiger partial charge >= 0.3 is 0 Å². The zero-order valence-corrected chi connectivity index (χ0v) is 18.4. The summed E-state index contributed by atoms with van der Waals surface area (Å²) in [5.41, 5.74) is 16.3. The Labute approximate surface area is 191 Å². The third kappa shape index (κ3) is 4.64. The maximum absolute atomic E-state index is 8.75. The molecule has 0 amide bonds. The number of allylic oxidation sites excluding steroid dienone is 5. The average Bonchev–Trinajstić information content (AvgIpc) is 3.19. The normalized spacial score (nSPS) is 12.5. The highest BCUT2D eigenvalue weighted by Gasteiger charge is 2.07. The number of hydrogen-bond donors (Lipinski definition) is 2. The van der Waals surface area contributed by atoms with Gasteiger partial charge < -0.3 is 11.5 Å². The monoisotopic (exact) mass is 433 g/mol. The maximum Gasteiger partial charge on any atom is 0.117 e. The number of nitriles is 1. The molecule has 0 unspecified atom stereocenters. The fourth-order valence-corrected chi connectivity index (χ4v) is 4.61. The van der Waals surface area contributed by atoms with Crippen LogP contribution in [0.1, 0.15) is 5.56 Å². The second kappa shape index (κ2) is 9.38. The third-order valence-corrected chi connectivity index (χ3v) is 6.39. The Morgan fingerprint density at radius 1 is 0.938 bits per heavy atom. The van der Waals surface area contributed by atoms with Gasteiger partial charge in [-0.15, -0.1) is 11.3 Å². The summed E-state index contributed by atoms with van der Waals surface area (Å²) in [5.74, 6) is 0. The second-order valence-electron chi connectivity index (χ2n) is 7.50. The predicted octanol–water partition coefficient (Wildman–Crippen LogP) is 6.59. The van der Waals surface area contributed by atoms with Crippen LogP contribution in [0.5, 0.6) is 0 Å². The lowest BCUT2D eigenvalue weighted by molar-refractivity contribution is 1.28. The van der Waals surface area contributed by atoms with Crippen LogP contribution in [0.25, 0.3) is 31.3 Å². The summed E-state index contributed by atoms with van der Waals surface area (Å²) < 4.78 is 2.59. The van der Waals surface area contributed by atoms with Gasteiger partial charge in [-0.25, -0.2) is 0 Å². The lowest BCUT2D eigenvalue weighted by Gasteiger charge is -2.02. The molecule has 0 spiro atoms. The van der Waals surface area contributed by atoms with Crippen molar-refractivity contribution in [1.29, 1.82) is 5.26 Å². The average molecular weight is 434 g/mol. The zero-order valence-electron chi connectivity index (χ0n) is 17.6. The standard InChI is InChI=1S/C28H23N3S/c1-19(15-23(30)18-29)26(31)10-6-5-7-20-11-13-27-24(16-20)25-17-22(12-14-28(25)32-27)21-8-3-2-4-9-21/h2-6,8-17H,1,7,30-31H2/b6-5-,23-15-,26-10-. The summed E-state index contributed by atoms with van der Waals surface area (Å²) in [5, 5.41) is 11.3. The minimum absolute atomic E-state index is 0.0852. The first-order valence-corrected chi connectivity index (χ1v) is 11.1. The molecule has 32 heavy (non-hydrogen) atoms. The van der Waals surface area contributed by atoms with E-state index in [-0.39, 0.29) is 5.70 Å². The Hall–Kier alpha value is -4.07. The number of rotatable bonds is 6. The molecule has 3 nitrogen and oxygen atoms in total. The molecule has 4 N–H and O–H groups in total. The molecule has 0 aliphatic heterocycles. The first-order chi connectivity index (χ1) is 15.5. The number of thiophene rings is 1. The molecule has 0 radical (unpaired) electrons. The molecule has 0 bridgehead atoms. The quantitative estimate of drug-likeness (QED) is 0.266. The van der Waals surface area contributed by atoms with Gasteiger partial charge in [0.1, 0.15) is 11.8 Å². The second-order valence-corrected chi connectivity index (χ2v) is 8.58. The van der Waals surface area contributed by atoms with Crippen molar-refractivity contribution in [2.24, 2.45) is 11.5 Å². The number of hydrogen-bond acceptors (Lipinski definition) is 4. The molecule has 0 aliphatic rings. The SMILES string of the molecule is C=C(/C=C(\N)C#N)/C(N)=C/C=C\Cc1ccc2sc3ccc(-c4ccccc4)cc3c2c1. The number of fused-ring (bicyclic) bond motifs is 3. The minimum atomic E-state index is 0.0852. The van der Waals surface area contributed by atoms with Crippen molar-refractivity contribution in [1.82, 2.24) is 0 Å². The van der Waals surface area contributed by atoms with Gasteiger partial charge in [-0.2, -0.15) is 5.26 Å². The molecule has 0 saturated heterocycles. The highest BCUT2D eigenvalue weighted by atomic mass is 32.1. The third-order valence-electron chi connectivity index (χ3n) is 5.24. The van der Waals surface area contributed by atoms with Gasteiger partial charge in [0.15, 0.2) is 0 Å². The molecule has 0 aliphatic carbocycles. The zero-order chi connectivity index (χ0) is 22.5. The molecule has 4 rings (SSSR count). The maximum atomic E-state index is 8.75. The fourth-order valence-electron chi connectivity index (χ4n) is 3.55. The van der Waals surface area contributed by atoms with E-state index in [0.29, 0.717) is 11.3 Å². The highest BCUT2D eigenvalue weighted by Crippen LogP contribution is 2.36. The van der Waals surface area contributed by atoms with Crippen LogP contribution in [-0.2, 0) is 6.42 Å². The Morgan fingerprint density at radius 2 is 1.66 bits per heavy atom. The van der Waals surface area contributed by atoms with Crippen LogP contribution in [-0.4, -0.2) is 0 Å². The van der Waals surface area contributed by atoms with E-state index in [1.807, 2.05) is 29.5 Å². The largest absolute Gasteiger partial charge is 0.398 e. The fraction of sp³-hybridized carbons (Fsp3) is 0.0357. The van der Waals surface area contributed by atoms with Crippen molar-refractivity contribution in [2.45, 2.75) is 6.42 Å². The molecular formula is C28H23N3S. The molecule has 1 heterocycles. The van der Waals surface area contributed by atoms with Crippen LogP contribution in [0.2, 0.25) is 0 Å². The smallest absolute Gasteiger partial charge is 0.117 e. The van der Waals surface area contributed by atoms with E-state index >= 15 is 0 Å². The van der Waals surface area contributed by atoms with Gasteiger partial charge in [0.2, 0.25) is 0 Å². The van der Waals surface area contributed by atoms with Crippen molar-refractivity contribution in [3.05, 3.63) is 120 Å². The first kappa shape index (κ1) is 21.2. The molecule has 3 aromatic carbocycles. The van der Waals surface area contributed by atoms with E-state index in [0.717, 1.165) is 6.42 Å². The van der Waals surface area contributed by atoms with Crippen molar-refractivity contribution < 1.29 is 0 Å². The Bertz CT molecular complexity index is 1430. The Morgan fingerprint density at radius 3 is 2.41 bits per heavy atom. The molecule has 4 heteroatoms. The molecule has 156 valence electrons. The van der Waals surface area contributed by atoms with Crippen molar-refractivity contribution in [3.8, 4) is 17.2 Å². The Kier molecular flexibility index (Phi) is 6.21. The van der Waals surface area contributed by atoms with Crippen LogP contribution in [0, 0.1) is 11.3 Å². The van der Waals surface area contributed by atoms with Crippen molar-refractivity contribution in [2.75, 3.05) is 0 Å². The van der Waals surface area contributed by atoms with Crippen LogP contribution >= 0.6 is 11.3 Å². The van der Waals surface area contributed by atoms with E-state index in [1.165, 1.54) is 42.9 Å². The van der Waals surface area contributed by atoms with Gasteiger partial charge in [0, 0.05) is 25.9 Å². The molecule has 0 saturated carbocycles. The summed E-state index contributed by atoms with van der Waals surface area (Å²) >= 11 is 1.82. The summed E-state index contributed by atoms with van der Waals surface area (Å²) in [6, 6.07) is 25.7. The predicted molar refractivity (Wildman–Crippen MR) is 137 cm³/mol. The molecule has 1 aromatic heterocycles. The van der Waals surface area contributed by atoms with Crippen molar-refractivity contribution in [3.63, 3.8) is 0 Å². The highest BCUT2D eigenvalue weighted by molar-refractivity contribution is 7.25. The van der Waals surface area contributed by atoms with Crippen molar-refractivity contribution >= 4 is 31.5 Å². The summed E-state index contributed by atoms with van der Waals surface area (Å²) in [4.78, 5) is 0. The van der Waals surface area contributed by atoms with Gasteiger partial charge in [0.25, 0.3) is 0 Å². The van der Waals surface area contributed by atoms with Gasteiger partial charge in [0.05, 0.1) is 0 Å². The lowest BCUT2D eigenvalue weighted by Crippen LogP contribution is -2.01. The van der Waals surface area contributed by atoms with E-state index in [2.05, 4.69) is 73.3 Å². The molecular weight excluding hydrogens is 410 g/mol. The lowest BCUT2D eigenvalue weighted by atomic mass is 10.0. The van der Waals surface area contributed by atoms with Gasteiger partial charge in [-0.3, -0.25) is 0 Å². The van der Waals surface area contributed by atoms with E-state index < -0.39 is 0 Å². The van der Waals surface area contributed by atoms with Crippen LogP contribution < -0.4 is 11.5 Å².